The second-order valence-electron chi connectivity index (χ2n) is 4.55. The summed E-state index contributed by atoms with van der Waals surface area (Å²) in [5.74, 6) is -0.0463. The number of Topliss-reactive ketones (excluding diaryl/α,β-unsaturated/α-hetero) is 1. The smallest absolute Gasteiger partial charge is 0.360 e. The third kappa shape index (κ3) is 3.85. The van der Waals surface area contributed by atoms with Gasteiger partial charge in [0.2, 0.25) is 0 Å². The Labute approximate surface area is 131 Å². The Morgan fingerprint density at radius 2 is 2.14 bits per heavy atom. The van der Waals surface area contributed by atoms with Crippen LogP contribution in [0, 0.1) is 10.1 Å². The summed E-state index contributed by atoms with van der Waals surface area (Å²) in [6.07, 6.45) is -0.432. The minimum atomic E-state index is -0.567. The number of aliphatic imine (C=N–C) groups is 1. The molecule has 22 heavy (non-hydrogen) atoms. The number of nitrogens with zero attached hydrogens (tertiary/aromatic N) is 2. The van der Waals surface area contributed by atoms with Gasteiger partial charge in [0.25, 0.3) is 5.88 Å². The molecule has 2 rings (SSSR count). The average Bonchev–Trinajstić information content (AvgIpc) is 2.46. The predicted molar refractivity (Wildman–Crippen MR) is 83.0 cm³/mol. The zero-order chi connectivity index (χ0) is 16.1. The van der Waals surface area contributed by atoms with Crippen molar-refractivity contribution in [2.75, 3.05) is 7.11 Å². The minimum absolute atomic E-state index is 0.0182. The van der Waals surface area contributed by atoms with Crippen LogP contribution >= 0.6 is 11.8 Å². The molecule has 0 aliphatic carbocycles. The number of benzene rings is 1. The molecule has 1 aromatic rings. The van der Waals surface area contributed by atoms with Crippen LogP contribution in [0.1, 0.15) is 13.3 Å². The van der Waals surface area contributed by atoms with E-state index in [-0.39, 0.29) is 28.8 Å². The first kappa shape index (κ1) is 16.0. The lowest BCUT2D eigenvalue weighted by atomic mass is 10.2. The summed E-state index contributed by atoms with van der Waals surface area (Å²) in [4.78, 5) is 27.2. The average molecular weight is 321 g/mol. The first-order valence-electron chi connectivity index (χ1n) is 6.51. The Balaban J connectivity index is 2.37. The monoisotopic (exact) mass is 321 g/mol. The number of carbonyl (C=O) groups excluding carboxylic acids is 1. The van der Waals surface area contributed by atoms with Crippen molar-refractivity contribution < 1.29 is 14.5 Å². The number of carbonyl (C=O) groups is 1. The second-order valence-corrected chi connectivity index (χ2v) is 5.62. The fraction of sp³-hybridized carbons (Fsp3) is 0.286. The summed E-state index contributed by atoms with van der Waals surface area (Å²) in [6.45, 7) is 1.44. The number of ether oxygens (including phenoxy) is 1. The highest BCUT2D eigenvalue weighted by molar-refractivity contribution is 8.14. The highest BCUT2D eigenvalue weighted by Gasteiger charge is 2.34. The fourth-order valence-electron chi connectivity index (χ4n) is 1.91. The highest BCUT2D eigenvalue weighted by atomic mass is 32.2. The summed E-state index contributed by atoms with van der Waals surface area (Å²) in [6, 6.07) is 9.20. The van der Waals surface area contributed by atoms with Crippen molar-refractivity contribution in [1.82, 2.24) is 5.32 Å². The van der Waals surface area contributed by atoms with E-state index in [9.17, 15) is 14.9 Å². The summed E-state index contributed by atoms with van der Waals surface area (Å²) in [7, 11) is 1.34. The molecule has 0 radical (unpaired) electrons. The van der Waals surface area contributed by atoms with Crippen molar-refractivity contribution in [2.45, 2.75) is 24.4 Å². The van der Waals surface area contributed by atoms with Gasteiger partial charge in [0, 0.05) is 11.3 Å². The van der Waals surface area contributed by atoms with Crippen molar-refractivity contribution in [3.63, 3.8) is 0 Å². The topological polar surface area (TPSA) is 93.8 Å². The standard InChI is InChI=1S/C14H15N3O4S/c1-9(18)8-11-15-13(21-2)12(17(19)20)14(16-11)22-10-6-4-3-5-7-10/h3-7,11,15H,8H2,1-2H3/t11-/m1/s1. The van der Waals surface area contributed by atoms with Gasteiger partial charge in [-0.25, -0.2) is 4.99 Å². The molecule has 0 amide bonds. The molecule has 7 nitrogen and oxygen atoms in total. The van der Waals surface area contributed by atoms with Crippen molar-refractivity contribution >= 4 is 22.6 Å². The molecule has 0 bridgehead atoms. The molecule has 1 aliphatic heterocycles. The Kier molecular flexibility index (Phi) is 5.16. The lowest BCUT2D eigenvalue weighted by molar-refractivity contribution is -0.418. The SMILES string of the molecule is COC1=C([N+](=O)[O-])C(Sc2ccccc2)=N[C@H](CC(C)=O)N1. The summed E-state index contributed by atoms with van der Waals surface area (Å²) < 4.78 is 5.07. The van der Waals surface area contributed by atoms with Gasteiger partial charge in [-0.2, -0.15) is 0 Å². The number of hydrogen-bond donors (Lipinski definition) is 1. The molecule has 8 heteroatoms. The van der Waals surface area contributed by atoms with Gasteiger partial charge in [0.15, 0.2) is 5.04 Å². The number of thioether (sulfide) groups is 1. The van der Waals surface area contributed by atoms with Crippen molar-refractivity contribution in [1.29, 1.82) is 0 Å². The highest BCUT2D eigenvalue weighted by Crippen LogP contribution is 2.28. The molecule has 1 N–H and O–H groups in total. The molecular weight excluding hydrogens is 306 g/mol. The van der Waals surface area contributed by atoms with Crippen LogP contribution in [-0.4, -0.2) is 29.0 Å². The molecule has 0 spiro atoms. The van der Waals surface area contributed by atoms with Crippen LogP contribution in [0.3, 0.4) is 0 Å². The molecule has 1 heterocycles. The van der Waals surface area contributed by atoms with Crippen molar-refractivity contribution in [2.24, 2.45) is 4.99 Å². The van der Waals surface area contributed by atoms with E-state index in [0.29, 0.717) is 0 Å². The minimum Gasteiger partial charge on any atom is -0.478 e. The first-order valence-corrected chi connectivity index (χ1v) is 7.32. The van der Waals surface area contributed by atoms with E-state index in [1.807, 2.05) is 30.3 Å². The van der Waals surface area contributed by atoms with Gasteiger partial charge in [-0.05, 0) is 19.1 Å². The van der Waals surface area contributed by atoms with Gasteiger partial charge >= 0.3 is 5.70 Å². The quantitative estimate of drug-likeness (QED) is 0.660. The predicted octanol–water partition coefficient (Wildman–Crippen LogP) is 2.18. The lowest BCUT2D eigenvalue weighted by Gasteiger charge is -2.22. The number of nitro groups is 1. The van der Waals surface area contributed by atoms with Crippen LogP contribution in [0.4, 0.5) is 0 Å². The van der Waals surface area contributed by atoms with E-state index in [1.54, 1.807) is 0 Å². The maximum atomic E-state index is 11.3. The third-order valence-corrected chi connectivity index (χ3v) is 3.81. The van der Waals surface area contributed by atoms with Crippen LogP contribution < -0.4 is 5.32 Å². The summed E-state index contributed by atoms with van der Waals surface area (Å²) >= 11 is 1.17. The first-order chi connectivity index (χ1) is 10.5. The van der Waals surface area contributed by atoms with Crippen LogP contribution in [0.15, 0.2) is 51.8 Å². The molecular formula is C14H15N3O4S. The number of methoxy groups -OCH3 is 1. The molecule has 1 aliphatic rings. The normalized spacial score (nSPS) is 17.5. The number of nitrogens with one attached hydrogen (secondary N) is 1. The zero-order valence-electron chi connectivity index (χ0n) is 12.1. The van der Waals surface area contributed by atoms with Gasteiger partial charge in [-0.1, -0.05) is 30.0 Å². The largest absolute Gasteiger partial charge is 0.478 e. The van der Waals surface area contributed by atoms with Crippen LogP contribution in [-0.2, 0) is 9.53 Å². The van der Waals surface area contributed by atoms with Crippen LogP contribution in [0.2, 0.25) is 0 Å². The van der Waals surface area contributed by atoms with E-state index in [2.05, 4.69) is 10.3 Å². The third-order valence-electron chi connectivity index (χ3n) is 2.81. The van der Waals surface area contributed by atoms with E-state index in [1.165, 1.54) is 25.8 Å². The van der Waals surface area contributed by atoms with E-state index < -0.39 is 11.1 Å². The molecule has 1 aromatic carbocycles. The molecule has 0 aromatic heterocycles. The summed E-state index contributed by atoms with van der Waals surface area (Å²) in [5, 5.41) is 14.3. The maximum Gasteiger partial charge on any atom is 0.360 e. The molecule has 1 atom stereocenters. The molecule has 0 saturated heterocycles. The molecule has 0 fully saturated rings. The molecule has 116 valence electrons. The Hall–Kier alpha value is -2.35. The van der Waals surface area contributed by atoms with Crippen molar-refractivity contribution in [3.8, 4) is 0 Å². The number of hydrogen-bond acceptors (Lipinski definition) is 7. The second kappa shape index (κ2) is 7.08. The van der Waals surface area contributed by atoms with Gasteiger partial charge < -0.3 is 10.1 Å². The maximum absolute atomic E-state index is 11.3. The summed E-state index contributed by atoms with van der Waals surface area (Å²) in [5.41, 5.74) is -0.226. The Morgan fingerprint density at radius 1 is 1.45 bits per heavy atom. The number of ketones is 1. The van der Waals surface area contributed by atoms with E-state index >= 15 is 0 Å². The Bertz CT molecular complexity index is 643. The Morgan fingerprint density at radius 3 is 2.68 bits per heavy atom. The van der Waals surface area contributed by atoms with Crippen LogP contribution in [0.5, 0.6) is 0 Å². The number of rotatable bonds is 5. The lowest BCUT2D eigenvalue weighted by Crippen LogP contribution is -2.37. The van der Waals surface area contributed by atoms with Gasteiger partial charge in [0.05, 0.1) is 12.0 Å². The molecule has 0 unspecified atom stereocenters. The van der Waals surface area contributed by atoms with Gasteiger partial charge in [0.1, 0.15) is 11.9 Å². The zero-order valence-corrected chi connectivity index (χ0v) is 12.9. The van der Waals surface area contributed by atoms with Gasteiger partial charge in [-0.15, -0.1) is 0 Å². The van der Waals surface area contributed by atoms with Gasteiger partial charge in [-0.3, -0.25) is 14.9 Å². The van der Waals surface area contributed by atoms with E-state index in [4.69, 9.17) is 4.74 Å². The fourth-order valence-corrected chi connectivity index (χ4v) is 2.87. The molecule has 0 saturated carbocycles. The van der Waals surface area contributed by atoms with Crippen LogP contribution in [0.25, 0.3) is 0 Å². The van der Waals surface area contributed by atoms with E-state index in [0.717, 1.165) is 4.90 Å². The van der Waals surface area contributed by atoms with Crippen molar-refractivity contribution in [3.05, 3.63) is 52.0 Å².